The maximum absolute atomic E-state index is 13.1. The number of carbonyl (C=O) groups excluding carboxylic acids is 2. The van der Waals surface area contributed by atoms with Gasteiger partial charge in [0, 0.05) is 15.1 Å². The van der Waals surface area contributed by atoms with Crippen molar-refractivity contribution < 1.29 is 18.7 Å². The minimum atomic E-state index is -0.415. The molecule has 2 amide bonds. The van der Waals surface area contributed by atoms with E-state index in [9.17, 15) is 14.0 Å². The van der Waals surface area contributed by atoms with Gasteiger partial charge in [-0.05, 0) is 78.0 Å². The van der Waals surface area contributed by atoms with E-state index in [4.69, 9.17) is 16.3 Å². The van der Waals surface area contributed by atoms with Gasteiger partial charge in [0.2, 0.25) is 0 Å². The van der Waals surface area contributed by atoms with Crippen molar-refractivity contribution in [3.05, 3.63) is 98.1 Å². The molecule has 0 radical (unpaired) electrons. The van der Waals surface area contributed by atoms with Crippen molar-refractivity contribution >= 4 is 62.2 Å². The van der Waals surface area contributed by atoms with Gasteiger partial charge in [-0.1, -0.05) is 39.7 Å². The van der Waals surface area contributed by atoms with Gasteiger partial charge in [0.25, 0.3) is 11.1 Å². The Kier molecular flexibility index (Phi) is 6.46. The van der Waals surface area contributed by atoms with Gasteiger partial charge in [-0.3, -0.25) is 9.59 Å². The number of anilines is 1. The van der Waals surface area contributed by atoms with Crippen molar-refractivity contribution in [1.29, 1.82) is 0 Å². The smallest absolute Gasteiger partial charge is 0.298 e. The van der Waals surface area contributed by atoms with E-state index < -0.39 is 5.91 Å². The number of halogens is 3. The topological polar surface area (TPSA) is 46.6 Å². The molecule has 0 N–H and O–H groups in total. The molecule has 0 spiro atoms. The SMILES string of the molecule is O=C1S/C(=C/c2cc(Br)ccc2OCc2ccc(F)cc2)C(=O)N1c1ccc(Cl)cc1. The first-order valence-electron chi connectivity index (χ1n) is 9.11. The molecule has 0 saturated carbocycles. The maximum atomic E-state index is 13.1. The monoisotopic (exact) mass is 517 g/mol. The van der Waals surface area contributed by atoms with Gasteiger partial charge in [0.05, 0.1) is 10.6 Å². The summed E-state index contributed by atoms with van der Waals surface area (Å²) in [6.45, 7) is 0.231. The summed E-state index contributed by atoms with van der Waals surface area (Å²) in [4.78, 5) is 26.8. The summed E-state index contributed by atoms with van der Waals surface area (Å²) in [5, 5.41) is 0.130. The fourth-order valence-electron chi connectivity index (χ4n) is 2.93. The van der Waals surface area contributed by atoms with E-state index in [1.54, 1.807) is 54.6 Å². The molecule has 3 aromatic carbocycles. The number of nitrogens with zero attached hydrogens (tertiary/aromatic N) is 1. The van der Waals surface area contributed by atoms with Crippen LogP contribution in [0.1, 0.15) is 11.1 Å². The summed E-state index contributed by atoms with van der Waals surface area (Å²) in [5.74, 6) is -0.197. The molecular weight excluding hydrogens is 505 g/mol. The van der Waals surface area contributed by atoms with Crippen molar-refractivity contribution in [2.24, 2.45) is 0 Å². The molecule has 0 unspecified atom stereocenters. The predicted octanol–water partition coefficient (Wildman–Crippen LogP) is 7.06. The van der Waals surface area contributed by atoms with Gasteiger partial charge < -0.3 is 4.74 Å². The summed E-state index contributed by atoms with van der Waals surface area (Å²) in [6, 6.07) is 17.9. The summed E-state index contributed by atoms with van der Waals surface area (Å²) in [5.41, 5.74) is 1.90. The zero-order valence-corrected chi connectivity index (χ0v) is 19.0. The highest BCUT2D eigenvalue weighted by Gasteiger charge is 2.36. The molecule has 0 atom stereocenters. The van der Waals surface area contributed by atoms with Crippen LogP contribution in [0.5, 0.6) is 5.75 Å². The molecule has 1 saturated heterocycles. The minimum Gasteiger partial charge on any atom is -0.488 e. The second kappa shape index (κ2) is 9.26. The Balaban J connectivity index is 1.59. The number of ether oxygens (including phenoxy) is 1. The number of benzene rings is 3. The van der Waals surface area contributed by atoms with Crippen LogP contribution >= 0.6 is 39.3 Å². The van der Waals surface area contributed by atoms with Gasteiger partial charge in [-0.15, -0.1) is 0 Å². The van der Waals surface area contributed by atoms with E-state index in [0.29, 0.717) is 22.0 Å². The van der Waals surface area contributed by atoms with Crippen molar-refractivity contribution in [3.63, 3.8) is 0 Å². The molecule has 156 valence electrons. The first kappa shape index (κ1) is 21.6. The van der Waals surface area contributed by atoms with Crippen LogP contribution in [0.2, 0.25) is 5.02 Å². The van der Waals surface area contributed by atoms with Gasteiger partial charge in [-0.2, -0.15) is 0 Å². The van der Waals surface area contributed by atoms with Gasteiger partial charge in [0.1, 0.15) is 18.2 Å². The molecule has 4 nitrogen and oxygen atoms in total. The Labute approximate surface area is 195 Å². The van der Waals surface area contributed by atoms with E-state index in [2.05, 4.69) is 15.9 Å². The minimum absolute atomic E-state index is 0.231. The lowest BCUT2D eigenvalue weighted by molar-refractivity contribution is -0.113. The van der Waals surface area contributed by atoms with E-state index in [1.165, 1.54) is 12.1 Å². The van der Waals surface area contributed by atoms with Crippen LogP contribution in [0.25, 0.3) is 6.08 Å². The Morgan fingerprint density at radius 3 is 2.45 bits per heavy atom. The van der Waals surface area contributed by atoms with E-state index in [0.717, 1.165) is 26.7 Å². The van der Waals surface area contributed by atoms with Gasteiger partial charge in [-0.25, -0.2) is 9.29 Å². The molecule has 1 aliphatic heterocycles. The lowest BCUT2D eigenvalue weighted by atomic mass is 10.1. The average Bonchev–Trinajstić information content (AvgIpc) is 3.02. The van der Waals surface area contributed by atoms with Gasteiger partial charge in [0.15, 0.2) is 0 Å². The largest absolute Gasteiger partial charge is 0.488 e. The van der Waals surface area contributed by atoms with Crippen molar-refractivity contribution in [2.75, 3.05) is 4.90 Å². The molecule has 0 aliphatic carbocycles. The van der Waals surface area contributed by atoms with Gasteiger partial charge >= 0.3 is 0 Å². The fraction of sp³-hybridized carbons (Fsp3) is 0.0435. The quantitative estimate of drug-likeness (QED) is 0.339. The summed E-state index contributed by atoms with van der Waals surface area (Å²) in [6.07, 6.45) is 1.63. The van der Waals surface area contributed by atoms with Crippen molar-refractivity contribution in [2.45, 2.75) is 6.61 Å². The molecule has 0 bridgehead atoms. The fourth-order valence-corrected chi connectivity index (χ4v) is 4.26. The Hall–Kier alpha value is -2.61. The zero-order chi connectivity index (χ0) is 22.0. The van der Waals surface area contributed by atoms with Crippen LogP contribution in [0, 0.1) is 5.82 Å². The number of hydrogen-bond donors (Lipinski definition) is 0. The second-order valence-electron chi connectivity index (χ2n) is 6.59. The van der Waals surface area contributed by atoms with Crippen LogP contribution in [-0.4, -0.2) is 11.1 Å². The molecule has 8 heteroatoms. The van der Waals surface area contributed by atoms with E-state index in [-0.39, 0.29) is 22.6 Å². The number of rotatable bonds is 5. The third kappa shape index (κ3) is 5.01. The maximum Gasteiger partial charge on any atom is 0.298 e. The summed E-state index contributed by atoms with van der Waals surface area (Å²) in [7, 11) is 0. The van der Waals surface area contributed by atoms with Crippen LogP contribution in [0.15, 0.2) is 76.1 Å². The van der Waals surface area contributed by atoms with E-state index >= 15 is 0 Å². The number of carbonyl (C=O) groups is 2. The summed E-state index contributed by atoms with van der Waals surface area (Å²) < 4.78 is 19.8. The van der Waals surface area contributed by atoms with E-state index in [1.807, 2.05) is 6.07 Å². The molecule has 1 aliphatic rings. The van der Waals surface area contributed by atoms with Crippen LogP contribution < -0.4 is 9.64 Å². The second-order valence-corrected chi connectivity index (χ2v) is 8.94. The number of imide groups is 1. The average molecular weight is 519 g/mol. The number of hydrogen-bond acceptors (Lipinski definition) is 4. The highest BCUT2D eigenvalue weighted by atomic mass is 79.9. The van der Waals surface area contributed by atoms with Crippen LogP contribution in [0.3, 0.4) is 0 Å². The molecule has 0 aromatic heterocycles. The first-order chi connectivity index (χ1) is 14.9. The third-order valence-electron chi connectivity index (χ3n) is 4.44. The highest BCUT2D eigenvalue weighted by molar-refractivity contribution is 9.10. The van der Waals surface area contributed by atoms with Crippen molar-refractivity contribution in [1.82, 2.24) is 0 Å². The Bertz CT molecular complexity index is 1180. The lowest BCUT2D eigenvalue weighted by Crippen LogP contribution is -2.27. The molecule has 4 rings (SSSR count). The molecule has 1 fully saturated rings. The zero-order valence-electron chi connectivity index (χ0n) is 15.8. The summed E-state index contributed by atoms with van der Waals surface area (Å²) >= 11 is 10.2. The highest BCUT2D eigenvalue weighted by Crippen LogP contribution is 2.37. The first-order valence-corrected chi connectivity index (χ1v) is 11.1. The number of thioether (sulfide) groups is 1. The normalized spacial score (nSPS) is 15.1. The van der Waals surface area contributed by atoms with Crippen LogP contribution in [-0.2, 0) is 11.4 Å². The lowest BCUT2D eigenvalue weighted by Gasteiger charge is -2.12. The molecule has 3 aromatic rings. The number of amides is 2. The van der Waals surface area contributed by atoms with Crippen molar-refractivity contribution in [3.8, 4) is 5.75 Å². The Morgan fingerprint density at radius 2 is 1.74 bits per heavy atom. The Morgan fingerprint density at radius 1 is 1.03 bits per heavy atom. The van der Waals surface area contributed by atoms with Crippen LogP contribution in [0.4, 0.5) is 14.9 Å². The molecular formula is C23H14BrClFNO3S. The third-order valence-corrected chi connectivity index (χ3v) is 6.06. The standard InChI is InChI=1S/C23H14BrClFNO3S/c24-16-3-10-20(30-13-14-1-6-18(26)7-2-14)15(11-16)12-21-22(28)27(23(29)31-21)19-8-4-17(25)5-9-19/h1-12H,13H2/b21-12+. The predicted molar refractivity (Wildman–Crippen MR) is 125 cm³/mol. The molecule has 1 heterocycles. The molecule has 31 heavy (non-hydrogen) atoms.